The van der Waals surface area contributed by atoms with E-state index in [0.29, 0.717) is 19.3 Å². The van der Waals surface area contributed by atoms with Gasteiger partial charge in [-0.25, -0.2) is 0 Å². The minimum Gasteiger partial charge on any atom is -0.481 e. The maximum atomic E-state index is 12.1. The largest absolute Gasteiger partial charge is 0.481 e. The second-order valence-electron chi connectivity index (χ2n) is 7.86. The van der Waals surface area contributed by atoms with Crippen molar-refractivity contribution in [3.63, 3.8) is 0 Å². The third-order valence-corrected chi connectivity index (χ3v) is 5.12. The third kappa shape index (κ3) is 7.69. The zero-order valence-corrected chi connectivity index (χ0v) is 16.4. The zero-order valence-electron chi connectivity index (χ0n) is 16.4. The first-order valence-electron chi connectivity index (χ1n) is 9.73. The Balaban J connectivity index is 2.54. The number of aliphatic hydroxyl groups excluding tert-OH is 1. The SMILES string of the molecule is CCCCC(C)(C)[C@H](O)/C=C\[C@@H]1C=CC(=O)[C@@H]1C/C=C\CCCC(=O)O. The van der Waals surface area contributed by atoms with Crippen LogP contribution in [-0.2, 0) is 9.59 Å². The molecule has 1 rings (SSSR count). The van der Waals surface area contributed by atoms with E-state index in [2.05, 4.69) is 20.8 Å². The van der Waals surface area contributed by atoms with Crippen molar-refractivity contribution in [2.24, 2.45) is 17.3 Å². The Bertz CT molecular complexity index is 542. The molecule has 0 fully saturated rings. The molecule has 0 aromatic carbocycles. The number of aliphatic carboxylic acids is 1. The summed E-state index contributed by atoms with van der Waals surface area (Å²) >= 11 is 0. The Morgan fingerprint density at radius 3 is 2.69 bits per heavy atom. The minimum atomic E-state index is -0.779. The molecule has 0 unspecified atom stereocenters. The third-order valence-electron chi connectivity index (χ3n) is 5.12. The summed E-state index contributed by atoms with van der Waals surface area (Å²) in [6.07, 6.45) is 16.1. The molecule has 4 heteroatoms. The number of hydrogen-bond donors (Lipinski definition) is 2. The number of carbonyl (C=O) groups is 2. The first kappa shape index (κ1) is 22.4. The fourth-order valence-electron chi connectivity index (χ4n) is 3.13. The van der Waals surface area contributed by atoms with E-state index in [1.165, 1.54) is 0 Å². The molecule has 0 saturated carbocycles. The van der Waals surface area contributed by atoms with Gasteiger partial charge in [0.1, 0.15) is 0 Å². The van der Waals surface area contributed by atoms with Crippen LogP contribution in [0.4, 0.5) is 0 Å². The maximum Gasteiger partial charge on any atom is 0.303 e. The molecule has 0 amide bonds. The first-order valence-corrected chi connectivity index (χ1v) is 9.73. The topological polar surface area (TPSA) is 74.6 Å². The van der Waals surface area contributed by atoms with E-state index in [9.17, 15) is 14.7 Å². The zero-order chi connectivity index (χ0) is 19.6. The molecule has 0 aliphatic heterocycles. The van der Waals surface area contributed by atoms with E-state index >= 15 is 0 Å². The standard InChI is InChI=1S/C22H34O4/c1-4-5-16-22(2,3)20(24)15-13-17-12-14-19(23)18(17)10-8-6-7-9-11-21(25)26/h6,8,12-15,17-18,20,24H,4-5,7,9-11,16H2,1-3H3,(H,25,26)/b8-6-,15-13-/t17-,18+,20+/m0/s1. The number of hydrogen-bond acceptors (Lipinski definition) is 3. The molecule has 146 valence electrons. The molecule has 2 N–H and O–H groups in total. The number of carbonyl (C=O) groups excluding carboxylic acids is 1. The molecular formula is C22H34O4. The highest BCUT2D eigenvalue weighted by Crippen LogP contribution is 2.31. The summed E-state index contributed by atoms with van der Waals surface area (Å²) in [5.74, 6) is -0.760. The lowest BCUT2D eigenvalue weighted by molar-refractivity contribution is -0.137. The van der Waals surface area contributed by atoms with Gasteiger partial charge in [0, 0.05) is 18.3 Å². The minimum absolute atomic E-state index is 0.0165. The van der Waals surface area contributed by atoms with Crippen LogP contribution >= 0.6 is 0 Å². The summed E-state index contributed by atoms with van der Waals surface area (Å²) < 4.78 is 0. The number of carboxylic acids is 1. The van der Waals surface area contributed by atoms with Crippen LogP contribution in [0.25, 0.3) is 0 Å². The van der Waals surface area contributed by atoms with Gasteiger partial charge in [-0.3, -0.25) is 9.59 Å². The summed E-state index contributed by atoms with van der Waals surface area (Å²) in [6.45, 7) is 6.29. The lowest BCUT2D eigenvalue weighted by Gasteiger charge is -2.28. The second kappa shape index (κ2) is 11.1. The number of unbranched alkanes of at least 4 members (excludes halogenated alkanes) is 2. The summed E-state index contributed by atoms with van der Waals surface area (Å²) in [7, 11) is 0. The lowest BCUT2D eigenvalue weighted by atomic mass is 9.80. The highest BCUT2D eigenvalue weighted by molar-refractivity contribution is 5.95. The molecule has 0 heterocycles. The van der Waals surface area contributed by atoms with Crippen LogP contribution in [0.3, 0.4) is 0 Å². The van der Waals surface area contributed by atoms with Crippen LogP contribution in [0.15, 0.2) is 36.5 Å². The Kier molecular flexibility index (Phi) is 9.57. The van der Waals surface area contributed by atoms with Crippen molar-refractivity contribution in [2.75, 3.05) is 0 Å². The van der Waals surface area contributed by atoms with E-state index in [-0.39, 0.29) is 29.5 Å². The molecule has 0 aromatic heterocycles. The van der Waals surface area contributed by atoms with E-state index in [1.807, 2.05) is 30.4 Å². The Morgan fingerprint density at radius 2 is 2.04 bits per heavy atom. The first-order chi connectivity index (χ1) is 12.3. The average Bonchev–Trinajstić information content (AvgIpc) is 2.93. The molecule has 0 spiro atoms. The van der Waals surface area contributed by atoms with Gasteiger partial charge in [0.2, 0.25) is 0 Å². The van der Waals surface area contributed by atoms with Gasteiger partial charge in [0.25, 0.3) is 0 Å². The van der Waals surface area contributed by atoms with Crippen molar-refractivity contribution in [1.82, 2.24) is 0 Å². The van der Waals surface area contributed by atoms with Crippen molar-refractivity contribution in [3.05, 3.63) is 36.5 Å². The van der Waals surface area contributed by atoms with Crippen LogP contribution in [0.2, 0.25) is 0 Å². The van der Waals surface area contributed by atoms with Crippen molar-refractivity contribution in [1.29, 1.82) is 0 Å². The summed E-state index contributed by atoms with van der Waals surface area (Å²) in [5.41, 5.74) is -0.168. The van der Waals surface area contributed by atoms with Crippen LogP contribution in [0.5, 0.6) is 0 Å². The Labute approximate surface area is 157 Å². The van der Waals surface area contributed by atoms with Gasteiger partial charge in [-0.2, -0.15) is 0 Å². The van der Waals surface area contributed by atoms with E-state index < -0.39 is 12.1 Å². The fourth-order valence-corrected chi connectivity index (χ4v) is 3.13. The number of aliphatic hydroxyl groups is 1. The number of carboxylic acid groups (broad SMARTS) is 1. The summed E-state index contributed by atoms with van der Waals surface area (Å²) in [4.78, 5) is 22.6. The van der Waals surface area contributed by atoms with Crippen LogP contribution in [-0.4, -0.2) is 28.1 Å². The molecule has 1 aliphatic rings. The number of ketones is 1. The molecule has 26 heavy (non-hydrogen) atoms. The van der Waals surface area contributed by atoms with Crippen molar-refractivity contribution < 1.29 is 19.8 Å². The Hall–Kier alpha value is -1.68. The van der Waals surface area contributed by atoms with Gasteiger partial charge in [-0.15, -0.1) is 0 Å². The molecule has 4 nitrogen and oxygen atoms in total. The van der Waals surface area contributed by atoms with Crippen molar-refractivity contribution in [3.8, 4) is 0 Å². The second-order valence-corrected chi connectivity index (χ2v) is 7.86. The highest BCUT2D eigenvalue weighted by Gasteiger charge is 2.29. The van der Waals surface area contributed by atoms with Gasteiger partial charge in [-0.1, -0.05) is 64.0 Å². The van der Waals surface area contributed by atoms with Gasteiger partial charge < -0.3 is 10.2 Å². The molecule has 0 saturated heterocycles. The van der Waals surface area contributed by atoms with Gasteiger partial charge in [0.15, 0.2) is 5.78 Å². The monoisotopic (exact) mass is 362 g/mol. The van der Waals surface area contributed by atoms with Crippen molar-refractivity contribution in [2.45, 2.75) is 71.8 Å². The molecule has 0 bridgehead atoms. The Morgan fingerprint density at radius 1 is 1.31 bits per heavy atom. The van der Waals surface area contributed by atoms with Crippen molar-refractivity contribution >= 4 is 11.8 Å². The van der Waals surface area contributed by atoms with Gasteiger partial charge in [-0.05, 0) is 37.2 Å². The normalized spacial score (nSPS) is 21.9. The van der Waals surface area contributed by atoms with Crippen LogP contribution < -0.4 is 0 Å². The lowest BCUT2D eigenvalue weighted by Crippen LogP contribution is -2.27. The quantitative estimate of drug-likeness (QED) is 0.390. The predicted octanol–water partition coefficient (Wildman–Crippen LogP) is 4.69. The number of allylic oxidation sites excluding steroid dienone is 5. The van der Waals surface area contributed by atoms with Crippen LogP contribution in [0.1, 0.15) is 65.7 Å². The molecule has 1 aliphatic carbocycles. The fraction of sp³-hybridized carbons (Fsp3) is 0.636. The van der Waals surface area contributed by atoms with Gasteiger partial charge >= 0.3 is 5.97 Å². The maximum absolute atomic E-state index is 12.1. The van der Waals surface area contributed by atoms with Gasteiger partial charge in [0.05, 0.1) is 6.10 Å². The molecular weight excluding hydrogens is 328 g/mol. The summed E-state index contributed by atoms with van der Waals surface area (Å²) in [5, 5.41) is 19.1. The van der Waals surface area contributed by atoms with E-state index in [0.717, 1.165) is 19.3 Å². The van der Waals surface area contributed by atoms with Crippen LogP contribution in [0, 0.1) is 17.3 Å². The predicted molar refractivity (Wildman–Crippen MR) is 105 cm³/mol. The smallest absolute Gasteiger partial charge is 0.303 e. The average molecular weight is 363 g/mol. The van der Waals surface area contributed by atoms with E-state index in [1.54, 1.807) is 6.08 Å². The van der Waals surface area contributed by atoms with E-state index in [4.69, 9.17) is 5.11 Å². The molecule has 3 atom stereocenters. The molecule has 0 radical (unpaired) electrons. The highest BCUT2D eigenvalue weighted by atomic mass is 16.4. The number of rotatable bonds is 12. The molecule has 0 aromatic rings. The summed E-state index contributed by atoms with van der Waals surface area (Å²) in [6, 6.07) is 0.